The van der Waals surface area contributed by atoms with Gasteiger partial charge in [0.15, 0.2) is 0 Å². The Morgan fingerprint density at radius 3 is 2.33 bits per heavy atom. The molecule has 27 heavy (non-hydrogen) atoms. The normalized spacial score (nSPS) is 11.9. The minimum Gasteiger partial charge on any atom is -0.475 e. The average molecular weight is 422 g/mol. The van der Waals surface area contributed by atoms with Gasteiger partial charge in [0.1, 0.15) is 0 Å². The van der Waals surface area contributed by atoms with Crippen LogP contribution in [-0.2, 0) is 14.6 Å². The van der Waals surface area contributed by atoms with Crippen molar-refractivity contribution in [3.8, 4) is 11.3 Å². The molecule has 0 unspecified atom stereocenters. The molecule has 0 aliphatic heterocycles. The lowest BCUT2D eigenvalue weighted by Gasteiger charge is -1.95. The van der Waals surface area contributed by atoms with Crippen LogP contribution in [0.1, 0.15) is 0 Å². The largest absolute Gasteiger partial charge is 0.490 e. The van der Waals surface area contributed by atoms with Crippen LogP contribution >= 0.6 is 11.3 Å². The van der Waals surface area contributed by atoms with Crippen LogP contribution in [0, 0.1) is 0 Å². The van der Waals surface area contributed by atoms with E-state index in [1.165, 1.54) is 4.52 Å². The van der Waals surface area contributed by atoms with Gasteiger partial charge in [-0.25, -0.2) is 22.7 Å². The molecule has 0 radical (unpaired) electrons. The Kier molecular flexibility index (Phi) is 6.18. The number of carbonyl (C=O) groups is 1. The second-order valence-corrected chi connectivity index (χ2v) is 8.24. The maximum Gasteiger partial charge on any atom is 0.490 e. The van der Waals surface area contributed by atoms with Gasteiger partial charge < -0.3 is 10.8 Å². The molecule has 0 amide bonds. The van der Waals surface area contributed by atoms with Crippen LogP contribution in [0.5, 0.6) is 0 Å². The molecule has 3 aromatic rings. The Labute approximate surface area is 155 Å². The quantitative estimate of drug-likeness (QED) is 0.656. The van der Waals surface area contributed by atoms with Gasteiger partial charge in [-0.2, -0.15) is 13.2 Å². The van der Waals surface area contributed by atoms with E-state index in [1.807, 2.05) is 30.3 Å². The Hall–Kier alpha value is -2.51. The third-order valence-corrected chi connectivity index (χ3v) is 6.11. The number of nitrogens with two attached hydrogens (primary N) is 1. The lowest BCUT2D eigenvalue weighted by atomic mass is 10.2. The third kappa shape index (κ3) is 5.24. The molecule has 2 aromatic heterocycles. The van der Waals surface area contributed by atoms with Gasteiger partial charge in [0.2, 0.25) is 19.1 Å². The van der Waals surface area contributed by atoms with Crippen LogP contribution in [0.2, 0.25) is 0 Å². The van der Waals surface area contributed by atoms with Gasteiger partial charge in [-0.1, -0.05) is 41.7 Å². The molecular weight excluding hydrogens is 409 g/mol. The van der Waals surface area contributed by atoms with E-state index in [9.17, 15) is 21.6 Å². The summed E-state index contributed by atoms with van der Waals surface area (Å²) in [6.45, 7) is 0.0828. The lowest BCUT2D eigenvalue weighted by molar-refractivity contribution is -0.192. The Morgan fingerprint density at radius 1 is 1.26 bits per heavy atom. The fraction of sp³-hybridized carbons (Fsp3) is 0.214. The monoisotopic (exact) mass is 422 g/mol. The molecule has 3 rings (SSSR count). The first-order valence-electron chi connectivity index (χ1n) is 7.19. The van der Waals surface area contributed by atoms with Crippen molar-refractivity contribution >= 4 is 32.1 Å². The molecule has 0 aliphatic carbocycles. The maximum absolute atomic E-state index is 11.9. The predicted octanol–water partition coefficient (Wildman–Crippen LogP) is 1.82. The zero-order valence-corrected chi connectivity index (χ0v) is 15.1. The van der Waals surface area contributed by atoms with Crippen molar-refractivity contribution in [1.82, 2.24) is 14.6 Å². The molecule has 0 aliphatic rings. The van der Waals surface area contributed by atoms with Crippen LogP contribution in [0.4, 0.5) is 13.2 Å². The second-order valence-electron chi connectivity index (χ2n) is 5.00. The highest BCUT2D eigenvalue weighted by Gasteiger charge is 2.38. The van der Waals surface area contributed by atoms with Gasteiger partial charge in [-0.3, -0.25) is 0 Å². The number of nitrogens with zero attached hydrogens (tertiary/aromatic N) is 3. The molecule has 0 spiro atoms. The van der Waals surface area contributed by atoms with Gasteiger partial charge >= 0.3 is 12.1 Å². The Balaban J connectivity index is 0.000000321. The summed E-state index contributed by atoms with van der Waals surface area (Å²) in [5.41, 5.74) is 7.04. The number of carboxylic acids is 1. The summed E-state index contributed by atoms with van der Waals surface area (Å²) in [6.07, 6.45) is -3.36. The molecule has 0 saturated heterocycles. The highest BCUT2D eigenvalue weighted by molar-refractivity contribution is 7.93. The minimum absolute atomic E-state index is 0.0602. The lowest BCUT2D eigenvalue weighted by Crippen LogP contribution is -2.21. The zero-order valence-electron chi connectivity index (χ0n) is 13.4. The number of hydrogen-bond donors (Lipinski definition) is 2. The van der Waals surface area contributed by atoms with E-state index < -0.39 is 22.0 Å². The maximum atomic E-state index is 11.9. The number of sulfone groups is 1. The van der Waals surface area contributed by atoms with E-state index in [0.29, 0.717) is 4.96 Å². The summed E-state index contributed by atoms with van der Waals surface area (Å²) in [7, 11) is -3.40. The first kappa shape index (κ1) is 20.8. The molecule has 0 fully saturated rings. The van der Waals surface area contributed by atoms with Gasteiger partial charge in [0, 0.05) is 12.1 Å². The molecule has 13 heteroatoms. The van der Waals surface area contributed by atoms with Crippen molar-refractivity contribution in [2.75, 3.05) is 12.3 Å². The van der Waals surface area contributed by atoms with Crippen molar-refractivity contribution in [3.05, 3.63) is 36.5 Å². The van der Waals surface area contributed by atoms with Gasteiger partial charge in [-0.05, 0) is 0 Å². The zero-order chi connectivity index (χ0) is 20.2. The first-order valence-corrected chi connectivity index (χ1v) is 9.66. The third-order valence-electron chi connectivity index (χ3n) is 2.99. The second kappa shape index (κ2) is 8.02. The van der Waals surface area contributed by atoms with Crippen LogP contribution < -0.4 is 5.73 Å². The molecule has 3 N–H and O–H groups in total. The summed E-state index contributed by atoms with van der Waals surface area (Å²) < 4.78 is 57.1. The minimum atomic E-state index is -5.08. The number of benzene rings is 1. The van der Waals surface area contributed by atoms with Crippen molar-refractivity contribution in [2.24, 2.45) is 5.73 Å². The van der Waals surface area contributed by atoms with E-state index >= 15 is 0 Å². The molecule has 0 saturated carbocycles. The smallest absolute Gasteiger partial charge is 0.475 e. The fourth-order valence-corrected chi connectivity index (χ4v) is 4.09. The van der Waals surface area contributed by atoms with E-state index in [2.05, 4.69) is 10.1 Å². The summed E-state index contributed by atoms with van der Waals surface area (Å²) in [5.74, 6) is -2.86. The predicted molar refractivity (Wildman–Crippen MR) is 91.1 cm³/mol. The van der Waals surface area contributed by atoms with Crippen LogP contribution in [-0.4, -0.2) is 52.6 Å². The standard InChI is InChI=1S/C12H12N4O2S2.C2HF3O2/c13-6-7-20(17,18)12-15-16-8-10(14-11(16)19-12)9-4-2-1-3-5-9;3-2(4,5)1(6)7/h1-5,8H,6-7,13H2;(H,6,7). The molecular formula is C14H13F3N4O4S2. The molecule has 0 bridgehead atoms. The number of alkyl halides is 3. The number of halogens is 3. The Morgan fingerprint density at radius 2 is 1.85 bits per heavy atom. The molecule has 1 aromatic carbocycles. The van der Waals surface area contributed by atoms with Crippen molar-refractivity contribution in [3.63, 3.8) is 0 Å². The van der Waals surface area contributed by atoms with Gasteiger partial charge in [0.05, 0.1) is 17.6 Å². The van der Waals surface area contributed by atoms with Gasteiger partial charge in [0.25, 0.3) is 0 Å². The average Bonchev–Trinajstić information content (AvgIpc) is 3.14. The first-order chi connectivity index (χ1) is 12.5. The van der Waals surface area contributed by atoms with E-state index in [1.54, 1.807) is 6.20 Å². The van der Waals surface area contributed by atoms with Crippen molar-refractivity contribution in [2.45, 2.75) is 10.5 Å². The highest BCUT2D eigenvalue weighted by atomic mass is 32.2. The van der Waals surface area contributed by atoms with E-state index in [-0.39, 0.29) is 16.6 Å². The topological polar surface area (TPSA) is 128 Å². The summed E-state index contributed by atoms with van der Waals surface area (Å²) >= 11 is 1.06. The number of rotatable bonds is 4. The summed E-state index contributed by atoms with van der Waals surface area (Å²) in [6, 6.07) is 9.66. The van der Waals surface area contributed by atoms with Crippen molar-refractivity contribution in [1.29, 1.82) is 0 Å². The Bertz CT molecular complexity index is 998. The number of imidazole rings is 1. The highest BCUT2D eigenvalue weighted by Crippen LogP contribution is 2.24. The van der Waals surface area contributed by atoms with E-state index in [4.69, 9.17) is 15.6 Å². The number of hydrogen-bond acceptors (Lipinski definition) is 7. The fourth-order valence-electron chi connectivity index (χ4n) is 1.80. The van der Waals surface area contributed by atoms with Gasteiger partial charge in [-0.15, -0.1) is 5.10 Å². The molecule has 0 atom stereocenters. The number of aliphatic carboxylic acids is 1. The van der Waals surface area contributed by atoms with Crippen LogP contribution in [0.15, 0.2) is 40.9 Å². The molecule has 8 nitrogen and oxygen atoms in total. The van der Waals surface area contributed by atoms with Crippen LogP contribution in [0.25, 0.3) is 16.2 Å². The SMILES string of the molecule is NCCS(=O)(=O)c1nn2cc(-c3ccccc3)nc2s1.O=C(O)C(F)(F)F. The van der Waals surface area contributed by atoms with Crippen LogP contribution in [0.3, 0.4) is 0 Å². The number of aromatic nitrogens is 3. The van der Waals surface area contributed by atoms with Crippen molar-refractivity contribution < 1.29 is 31.5 Å². The number of fused-ring (bicyclic) bond motifs is 1. The summed E-state index contributed by atoms with van der Waals surface area (Å²) in [5, 5.41) is 11.2. The molecule has 146 valence electrons. The molecule has 2 heterocycles. The summed E-state index contributed by atoms with van der Waals surface area (Å²) in [4.78, 5) is 13.9. The van der Waals surface area contributed by atoms with E-state index in [0.717, 1.165) is 22.6 Å². The number of carboxylic acid groups (broad SMARTS) is 1.